The van der Waals surface area contributed by atoms with Crippen LogP contribution in [0.4, 0.5) is 0 Å². The summed E-state index contributed by atoms with van der Waals surface area (Å²) in [6, 6.07) is 1.81. The van der Waals surface area contributed by atoms with Crippen LogP contribution >= 0.6 is 15.9 Å². The number of halogens is 1. The lowest BCUT2D eigenvalue weighted by molar-refractivity contribution is 0.368. The van der Waals surface area contributed by atoms with Crippen molar-refractivity contribution in [3.63, 3.8) is 0 Å². The van der Waals surface area contributed by atoms with Gasteiger partial charge in [-0.2, -0.15) is 0 Å². The van der Waals surface area contributed by atoms with Crippen LogP contribution in [0.2, 0.25) is 0 Å². The molecule has 0 saturated heterocycles. The van der Waals surface area contributed by atoms with E-state index in [2.05, 4.69) is 26.8 Å². The van der Waals surface area contributed by atoms with Crippen LogP contribution in [0.15, 0.2) is 22.9 Å². The molecule has 0 aromatic carbocycles. The fourth-order valence-electron chi connectivity index (χ4n) is 0.596. The maximum atomic E-state index is 5.11. The van der Waals surface area contributed by atoms with Gasteiger partial charge >= 0.3 is 0 Å². The Balaban J connectivity index is 2.65. The zero-order chi connectivity index (χ0) is 8.10. The second-order valence-corrected chi connectivity index (χ2v) is 2.75. The Morgan fingerprint density at radius 3 is 3.09 bits per heavy atom. The Hall–Kier alpha value is -1.01. The van der Waals surface area contributed by atoms with Crippen LogP contribution in [0, 0.1) is 12.3 Å². The van der Waals surface area contributed by atoms with Gasteiger partial charge in [0.25, 0.3) is 0 Å². The number of nitrogens with zero attached hydrogens (tertiary/aromatic N) is 1. The quantitative estimate of drug-likeness (QED) is 0.698. The second-order valence-electron chi connectivity index (χ2n) is 1.83. The van der Waals surface area contributed by atoms with E-state index in [1.165, 1.54) is 0 Å². The first-order chi connectivity index (χ1) is 5.33. The van der Waals surface area contributed by atoms with Crippen molar-refractivity contribution in [2.45, 2.75) is 0 Å². The fourth-order valence-corrected chi connectivity index (χ4v) is 0.940. The molecule has 11 heavy (non-hydrogen) atoms. The molecule has 3 heteroatoms. The molecule has 0 radical (unpaired) electrons. The average Bonchev–Trinajstić information content (AvgIpc) is 2.01. The highest BCUT2D eigenvalue weighted by molar-refractivity contribution is 9.10. The summed E-state index contributed by atoms with van der Waals surface area (Å²) >= 11 is 3.26. The molecule has 0 aliphatic rings. The molecule has 0 spiro atoms. The van der Waals surface area contributed by atoms with Crippen molar-refractivity contribution < 1.29 is 4.74 Å². The normalized spacial score (nSPS) is 8.73. The van der Waals surface area contributed by atoms with E-state index in [4.69, 9.17) is 11.2 Å². The summed E-state index contributed by atoms with van der Waals surface area (Å²) < 4.78 is 5.99. The molecule has 2 nitrogen and oxygen atoms in total. The largest absolute Gasteiger partial charge is 0.479 e. The monoisotopic (exact) mass is 211 g/mol. The minimum absolute atomic E-state index is 0.276. The minimum Gasteiger partial charge on any atom is -0.479 e. The average molecular weight is 212 g/mol. The van der Waals surface area contributed by atoms with Gasteiger partial charge in [0.15, 0.2) is 0 Å². The standard InChI is InChI=1S/C8H6BrNO/c1-2-3-11-8-4-7(9)5-10-6-8/h1,4-6H,3H2. The minimum atomic E-state index is 0.276. The highest BCUT2D eigenvalue weighted by Gasteiger charge is 1.92. The Morgan fingerprint density at radius 2 is 2.45 bits per heavy atom. The first kappa shape index (κ1) is 8.09. The van der Waals surface area contributed by atoms with E-state index < -0.39 is 0 Å². The maximum Gasteiger partial charge on any atom is 0.148 e. The lowest BCUT2D eigenvalue weighted by atomic mass is 10.5. The van der Waals surface area contributed by atoms with Crippen molar-refractivity contribution in [2.75, 3.05) is 6.61 Å². The first-order valence-electron chi connectivity index (χ1n) is 3.00. The van der Waals surface area contributed by atoms with Gasteiger partial charge in [0, 0.05) is 10.7 Å². The third kappa shape index (κ3) is 2.60. The van der Waals surface area contributed by atoms with E-state index in [-0.39, 0.29) is 6.61 Å². The summed E-state index contributed by atoms with van der Waals surface area (Å²) in [4.78, 5) is 3.90. The number of hydrogen-bond donors (Lipinski definition) is 0. The third-order valence-corrected chi connectivity index (χ3v) is 1.44. The first-order valence-corrected chi connectivity index (χ1v) is 3.79. The Bertz CT molecular complexity index is 280. The number of rotatable bonds is 2. The van der Waals surface area contributed by atoms with E-state index in [0.29, 0.717) is 5.75 Å². The molecule has 1 aromatic rings. The maximum absolute atomic E-state index is 5.11. The number of hydrogen-bond acceptors (Lipinski definition) is 2. The molecule has 1 heterocycles. The molecular weight excluding hydrogens is 206 g/mol. The molecule has 0 aliphatic heterocycles. The highest BCUT2D eigenvalue weighted by atomic mass is 79.9. The summed E-state index contributed by atoms with van der Waals surface area (Å²) in [5.41, 5.74) is 0. The van der Waals surface area contributed by atoms with Gasteiger partial charge < -0.3 is 4.74 Å². The van der Waals surface area contributed by atoms with Crippen molar-refractivity contribution in [1.82, 2.24) is 4.98 Å². The smallest absolute Gasteiger partial charge is 0.148 e. The second kappa shape index (κ2) is 3.99. The van der Waals surface area contributed by atoms with Crippen molar-refractivity contribution in [3.05, 3.63) is 22.9 Å². The van der Waals surface area contributed by atoms with E-state index in [1.807, 2.05) is 6.07 Å². The molecule has 0 saturated carbocycles. The molecule has 0 amide bonds. The van der Waals surface area contributed by atoms with Gasteiger partial charge in [0.05, 0.1) is 6.20 Å². The lowest BCUT2D eigenvalue weighted by Gasteiger charge is -1.99. The van der Waals surface area contributed by atoms with Gasteiger partial charge in [-0.25, -0.2) is 0 Å². The van der Waals surface area contributed by atoms with Crippen molar-refractivity contribution in [1.29, 1.82) is 0 Å². The summed E-state index contributed by atoms with van der Waals surface area (Å²) in [5, 5.41) is 0. The van der Waals surface area contributed by atoms with Crippen LogP contribution in [0.3, 0.4) is 0 Å². The molecule has 1 aromatic heterocycles. The predicted octanol–water partition coefficient (Wildman–Crippen LogP) is 1.86. The fraction of sp³-hybridized carbons (Fsp3) is 0.125. The van der Waals surface area contributed by atoms with Gasteiger partial charge in [0.2, 0.25) is 0 Å². The summed E-state index contributed by atoms with van der Waals surface area (Å²) in [7, 11) is 0. The van der Waals surface area contributed by atoms with Crippen LogP contribution in [0.1, 0.15) is 0 Å². The van der Waals surface area contributed by atoms with Crippen LogP contribution in [0.5, 0.6) is 5.75 Å². The van der Waals surface area contributed by atoms with Crippen molar-refractivity contribution >= 4 is 15.9 Å². The van der Waals surface area contributed by atoms with E-state index in [1.54, 1.807) is 12.4 Å². The third-order valence-electron chi connectivity index (χ3n) is 1.00. The summed E-state index contributed by atoms with van der Waals surface area (Å²) in [5.74, 6) is 3.05. The van der Waals surface area contributed by atoms with Gasteiger partial charge in [-0.1, -0.05) is 5.92 Å². The Morgan fingerprint density at radius 1 is 1.64 bits per heavy atom. The highest BCUT2D eigenvalue weighted by Crippen LogP contribution is 2.15. The molecule has 0 atom stereocenters. The number of terminal acetylenes is 1. The van der Waals surface area contributed by atoms with Crippen molar-refractivity contribution in [3.8, 4) is 18.1 Å². The van der Waals surface area contributed by atoms with Gasteiger partial charge in [-0.05, 0) is 22.0 Å². The van der Waals surface area contributed by atoms with E-state index >= 15 is 0 Å². The van der Waals surface area contributed by atoms with E-state index in [0.717, 1.165) is 4.47 Å². The van der Waals surface area contributed by atoms with Gasteiger partial charge in [-0.3, -0.25) is 4.98 Å². The van der Waals surface area contributed by atoms with Crippen LogP contribution in [0.25, 0.3) is 0 Å². The predicted molar refractivity (Wildman–Crippen MR) is 46.3 cm³/mol. The van der Waals surface area contributed by atoms with Gasteiger partial charge in [-0.15, -0.1) is 6.42 Å². The zero-order valence-electron chi connectivity index (χ0n) is 5.75. The number of pyridine rings is 1. The van der Waals surface area contributed by atoms with Gasteiger partial charge in [0.1, 0.15) is 12.4 Å². The lowest BCUT2D eigenvalue weighted by Crippen LogP contribution is -1.93. The topological polar surface area (TPSA) is 22.1 Å². The SMILES string of the molecule is C#CCOc1cncc(Br)c1. The molecule has 0 bridgehead atoms. The number of aromatic nitrogens is 1. The zero-order valence-corrected chi connectivity index (χ0v) is 7.34. The molecule has 0 N–H and O–H groups in total. The summed E-state index contributed by atoms with van der Waals surface area (Å²) in [6.07, 6.45) is 8.30. The molecule has 0 unspecified atom stereocenters. The molecule has 56 valence electrons. The molecule has 0 aliphatic carbocycles. The molecular formula is C8H6BrNO. The Labute approximate surface area is 73.7 Å². The molecule has 0 fully saturated rings. The van der Waals surface area contributed by atoms with Crippen LogP contribution < -0.4 is 4.74 Å². The number of ether oxygens (including phenoxy) is 1. The summed E-state index contributed by atoms with van der Waals surface area (Å²) in [6.45, 7) is 0.276. The Kier molecular flexibility index (Phi) is 2.94. The van der Waals surface area contributed by atoms with Crippen LogP contribution in [-0.4, -0.2) is 11.6 Å². The molecule has 1 rings (SSSR count). The van der Waals surface area contributed by atoms with E-state index in [9.17, 15) is 0 Å². The van der Waals surface area contributed by atoms with Crippen molar-refractivity contribution in [2.24, 2.45) is 0 Å². The van der Waals surface area contributed by atoms with Crippen LogP contribution in [-0.2, 0) is 0 Å².